The van der Waals surface area contributed by atoms with E-state index in [-0.39, 0.29) is 17.3 Å². The minimum absolute atomic E-state index is 0.0195. The molecule has 0 spiro atoms. The summed E-state index contributed by atoms with van der Waals surface area (Å²) in [5.41, 5.74) is 1.78. The van der Waals surface area contributed by atoms with Crippen LogP contribution >= 0.6 is 39.1 Å². The molecule has 0 saturated heterocycles. The lowest BCUT2D eigenvalue weighted by Gasteiger charge is -2.32. The minimum Gasteiger partial charge on any atom is -0.354 e. The highest BCUT2D eigenvalue weighted by molar-refractivity contribution is 9.10. The van der Waals surface area contributed by atoms with Crippen molar-refractivity contribution in [2.24, 2.45) is 0 Å². The van der Waals surface area contributed by atoms with E-state index in [0.717, 1.165) is 20.8 Å². The maximum absolute atomic E-state index is 13.9. The fourth-order valence-electron chi connectivity index (χ4n) is 3.79. The molecule has 0 fully saturated rings. The molecule has 2 amide bonds. The predicted molar refractivity (Wildman–Crippen MR) is 160 cm³/mol. The van der Waals surface area contributed by atoms with Gasteiger partial charge in [0.15, 0.2) is 0 Å². The number of hydrogen-bond acceptors (Lipinski definition) is 4. The molecule has 3 aromatic carbocycles. The lowest BCUT2D eigenvalue weighted by Crippen LogP contribution is -2.51. The van der Waals surface area contributed by atoms with Crippen LogP contribution in [0, 0.1) is 6.92 Å². The maximum atomic E-state index is 13.9. The molecule has 3 aromatic rings. The van der Waals surface area contributed by atoms with Gasteiger partial charge in [0.05, 0.1) is 10.6 Å². The summed E-state index contributed by atoms with van der Waals surface area (Å²) in [7, 11) is -4.13. The Kier molecular flexibility index (Phi) is 10.8. The van der Waals surface area contributed by atoms with Crippen LogP contribution in [0.2, 0.25) is 10.0 Å². The Labute approximate surface area is 248 Å². The highest BCUT2D eigenvalue weighted by Gasteiger charge is 2.32. The number of carbonyl (C=O) groups is 2. The molecule has 39 heavy (non-hydrogen) atoms. The number of anilines is 1. The van der Waals surface area contributed by atoms with Gasteiger partial charge >= 0.3 is 0 Å². The summed E-state index contributed by atoms with van der Waals surface area (Å²) >= 11 is 15.8. The first-order valence-corrected chi connectivity index (χ1v) is 15.3. The van der Waals surface area contributed by atoms with Gasteiger partial charge in [-0.25, -0.2) is 8.42 Å². The Bertz CT molecular complexity index is 1420. The van der Waals surface area contributed by atoms with Gasteiger partial charge in [-0.05, 0) is 74.4 Å². The zero-order valence-corrected chi connectivity index (χ0v) is 25.7. The molecule has 0 saturated carbocycles. The van der Waals surface area contributed by atoms with Crippen LogP contribution in [0.15, 0.2) is 76.1 Å². The molecule has 0 radical (unpaired) electrons. The molecule has 11 heteroatoms. The normalized spacial score (nSPS) is 12.1. The van der Waals surface area contributed by atoms with Crippen molar-refractivity contribution < 1.29 is 18.0 Å². The highest BCUT2D eigenvalue weighted by Crippen LogP contribution is 2.27. The van der Waals surface area contributed by atoms with Crippen molar-refractivity contribution in [1.82, 2.24) is 10.2 Å². The minimum atomic E-state index is -4.13. The number of amides is 2. The number of nitrogens with one attached hydrogen (secondary N) is 1. The van der Waals surface area contributed by atoms with Gasteiger partial charge in [0.25, 0.3) is 10.0 Å². The van der Waals surface area contributed by atoms with E-state index in [9.17, 15) is 18.0 Å². The molecule has 0 aromatic heterocycles. The second kappa shape index (κ2) is 13.7. The number of sulfonamides is 1. The van der Waals surface area contributed by atoms with Gasteiger partial charge in [-0.1, -0.05) is 69.8 Å². The Hall–Kier alpha value is -2.59. The molecule has 0 heterocycles. The zero-order chi connectivity index (χ0) is 28.7. The molecule has 0 aliphatic heterocycles. The van der Waals surface area contributed by atoms with Crippen molar-refractivity contribution in [1.29, 1.82) is 0 Å². The van der Waals surface area contributed by atoms with Crippen molar-refractivity contribution >= 4 is 66.7 Å². The fraction of sp³-hybridized carbons (Fsp3) is 0.286. The summed E-state index contributed by atoms with van der Waals surface area (Å²) in [5, 5.41) is 3.57. The molecule has 0 unspecified atom stereocenters. The van der Waals surface area contributed by atoms with E-state index in [2.05, 4.69) is 21.2 Å². The first kappa shape index (κ1) is 30.9. The van der Waals surface area contributed by atoms with E-state index < -0.39 is 28.5 Å². The average Bonchev–Trinajstić information content (AvgIpc) is 2.90. The summed E-state index contributed by atoms with van der Waals surface area (Å²) in [6.45, 7) is 5.28. The molecule has 7 nitrogen and oxygen atoms in total. The molecule has 208 valence electrons. The lowest BCUT2D eigenvalue weighted by molar-refractivity contribution is -0.139. The third-order valence-electron chi connectivity index (χ3n) is 6.07. The smallest absolute Gasteiger partial charge is 0.264 e. The molecule has 0 bridgehead atoms. The van der Waals surface area contributed by atoms with Crippen molar-refractivity contribution in [3.63, 3.8) is 0 Å². The molecule has 1 N–H and O–H groups in total. The summed E-state index contributed by atoms with van der Waals surface area (Å²) in [4.78, 5) is 28.2. The quantitative estimate of drug-likeness (QED) is 0.267. The standard InChI is InChI=1S/C28H30BrCl2N3O4S/c1-4-15-32-28(36)20(3)33(17-21-7-10-23(30)16-26(21)31)27(35)18-34(24-11-8-22(29)9-12-24)39(37,38)25-13-5-19(2)6-14-25/h5-14,16,20H,4,15,17-18H2,1-3H3,(H,32,36)/t20-/m0/s1. The van der Waals surface area contributed by atoms with Crippen LogP contribution in [-0.4, -0.2) is 44.3 Å². The Balaban J connectivity index is 2.03. The van der Waals surface area contributed by atoms with Gasteiger partial charge in [0, 0.05) is 27.6 Å². The van der Waals surface area contributed by atoms with Crippen LogP contribution in [-0.2, 0) is 26.2 Å². The third kappa shape index (κ3) is 7.97. The number of aryl methyl sites for hydroxylation is 1. The van der Waals surface area contributed by atoms with Crippen molar-refractivity contribution in [3.05, 3.63) is 92.4 Å². The second-order valence-electron chi connectivity index (χ2n) is 9.03. The second-order valence-corrected chi connectivity index (χ2v) is 12.6. The van der Waals surface area contributed by atoms with Gasteiger partial charge in [-0.3, -0.25) is 13.9 Å². The van der Waals surface area contributed by atoms with Crippen LogP contribution in [0.5, 0.6) is 0 Å². The summed E-state index contributed by atoms with van der Waals surface area (Å²) in [6, 6.07) is 17.0. The topological polar surface area (TPSA) is 86.8 Å². The number of rotatable bonds is 11. The molecule has 3 rings (SSSR count). The summed E-state index contributed by atoms with van der Waals surface area (Å²) in [6.07, 6.45) is 0.724. The zero-order valence-electron chi connectivity index (χ0n) is 21.8. The largest absolute Gasteiger partial charge is 0.354 e. The Morgan fingerprint density at radius 3 is 2.23 bits per heavy atom. The van der Waals surface area contributed by atoms with E-state index in [4.69, 9.17) is 23.2 Å². The van der Waals surface area contributed by atoms with Gasteiger partial charge in [0.2, 0.25) is 11.8 Å². The van der Waals surface area contributed by atoms with Crippen molar-refractivity contribution in [2.45, 2.75) is 44.7 Å². The SMILES string of the molecule is CCCNC(=O)[C@H](C)N(Cc1ccc(Cl)cc1Cl)C(=O)CN(c1ccc(Br)cc1)S(=O)(=O)c1ccc(C)cc1. The first-order chi connectivity index (χ1) is 18.4. The monoisotopic (exact) mass is 653 g/mol. The van der Waals surface area contributed by atoms with E-state index in [1.54, 1.807) is 61.5 Å². The summed E-state index contributed by atoms with van der Waals surface area (Å²) < 4.78 is 29.4. The van der Waals surface area contributed by atoms with Crippen molar-refractivity contribution in [3.8, 4) is 0 Å². The van der Waals surface area contributed by atoms with E-state index >= 15 is 0 Å². The molecule has 1 atom stereocenters. The molecule has 0 aliphatic rings. The van der Waals surface area contributed by atoms with Crippen LogP contribution in [0.1, 0.15) is 31.4 Å². The number of carbonyl (C=O) groups excluding carboxylic acids is 2. The number of nitrogens with zero attached hydrogens (tertiary/aromatic N) is 2. The van der Waals surface area contributed by atoms with Crippen LogP contribution in [0.25, 0.3) is 0 Å². The molecule has 0 aliphatic carbocycles. The van der Waals surface area contributed by atoms with Crippen molar-refractivity contribution in [2.75, 3.05) is 17.4 Å². The first-order valence-electron chi connectivity index (χ1n) is 12.3. The lowest BCUT2D eigenvalue weighted by atomic mass is 10.1. The maximum Gasteiger partial charge on any atom is 0.264 e. The van der Waals surface area contributed by atoms with E-state index in [1.807, 2.05) is 13.8 Å². The summed E-state index contributed by atoms with van der Waals surface area (Å²) in [5.74, 6) is -0.925. The van der Waals surface area contributed by atoms with Gasteiger partial charge < -0.3 is 10.2 Å². The Morgan fingerprint density at radius 2 is 1.64 bits per heavy atom. The number of halogens is 3. The van der Waals surface area contributed by atoms with Crippen LogP contribution < -0.4 is 9.62 Å². The molecular weight excluding hydrogens is 625 g/mol. The molecular formula is C28H30BrCl2N3O4S. The fourth-order valence-corrected chi connectivity index (χ4v) is 5.93. The number of benzene rings is 3. The third-order valence-corrected chi connectivity index (χ3v) is 8.98. The average molecular weight is 655 g/mol. The van der Waals surface area contributed by atoms with Crippen LogP contribution in [0.4, 0.5) is 5.69 Å². The van der Waals surface area contributed by atoms with Gasteiger partial charge in [0.1, 0.15) is 12.6 Å². The highest BCUT2D eigenvalue weighted by atomic mass is 79.9. The van der Waals surface area contributed by atoms with Gasteiger partial charge in [-0.15, -0.1) is 0 Å². The van der Waals surface area contributed by atoms with Crippen LogP contribution in [0.3, 0.4) is 0 Å². The number of hydrogen-bond donors (Lipinski definition) is 1. The van der Waals surface area contributed by atoms with E-state index in [0.29, 0.717) is 27.8 Å². The predicted octanol–water partition coefficient (Wildman–Crippen LogP) is 6.20. The Morgan fingerprint density at radius 1 is 1.00 bits per heavy atom. The van der Waals surface area contributed by atoms with E-state index in [1.165, 1.54) is 17.0 Å². The van der Waals surface area contributed by atoms with Gasteiger partial charge in [-0.2, -0.15) is 0 Å².